The number of nitrogens with one attached hydrogen (secondary N) is 1. The van der Waals surface area contributed by atoms with Gasteiger partial charge in [0.1, 0.15) is 0 Å². The third-order valence-electron chi connectivity index (χ3n) is 3.81. The molecule has 3 nitrogen and oxygen atoms in total. The smallest absolute Gasteiger partial charge is 0.213 e. The molecule has 0 saturated heterocycles. The number of rotatable bonds is 7. The first-order valence-electron chi connectivity index (χ1n) is 7.94. The number of ether oxygens (including phenoxy) is 1. The maximum atomic E-state index is 5.90. The number of hydrogen-bond acceptors (Lipinski definition) is 3. The second-order valence-corrected chi connectivity index (χ2v) is 6.44. The van der Waals surface area contributed by atoms with Gasteiger partial charge >= 0.3 is 0 Å². The molecule has 1 aliphatic rings. The summed E-state index contributed by atoms with van der Waals surface area (Å²) in [4.78, 5) is 4.49. The van der Waals surface area contributed by atoms with Gasteiger partial charge in [0, 0.05) is 18.3 Å². The van der Waals surface area contributed by atoms with Crippen LogP contribution < -0.4 is 10.1 Å². The molecule has 0 atom stereocenters. The van der Waals surface area contributed by atoms with E-state index in [0.717, 1.165) is 37.2 Å². The minimum absolute atomic E-state index is 0.677. The average molecular weight is 276 g/mol. The average Bonchev–Trinajstić information content (AvgIpc) is 2.88. The molecule has 1 N–H and O–H groups in total. The van der Waals surface area contributed by atoms with Crippen LogP contribution in [-0.4, -0.2) is 18.1 Å². The van der Waals surface area contributed by atoms with E-state index in [9.17, 15) is 0 Å². The van der Waals surface area contributed by atoms with Gasteiger partial charge in [0.25, 0.3) is 0 Å². The van der Waals surface area contributed by atoms with Gasteiger partial charge in [-0.2, -0.15) is 0 Å². The lowest BCUT2D eigenvalue weighted by atomic mass is 10.1. The van der Waals surface area contributed by atoms with Gasteiger partial charge in [-0.1, -0.05) is 26.7 Å². The van der Waals surface area contributed by atoms with Crippen LogP contribution in [0.25, 0.3) is 0 Å². The van der Waals surface area contributed by atoms with Crippen molar-refractivity contribution in [1.29, 1.82) is 0 Å². The largest absolute Gasteiger partial charge is 0.477 e. The second kappa shape index (κ2) is 7.63. The molecule has 1 aromatic heterocycles. The monoisotopic (exact) mass is 276 g/mol. The van der Waals surface area contributed by atoms with E-state index >= 15 is 0 Å². The maximum absolute atomic E-state index is 5.90. The third kappa shape index (κ3) is 5.12. The van der Waals surface area contributed by atoms with E-state index < -0.39 is 0 Å². The van der Waals surface area contributed by atoms with Gasteiger partial charge in [0.05, 0.1) is 6.61 Å². The lowest BCUT2D eigenvalue weighted by Gasteiger charge is -2.13. The molecule has 0 bridgehead atoms. The molecule has 1 heterocycles. The Hall–Kier alpha value is -1.09. The van der Waals surface area contributed by atoms with E-state index in [4.69, 9.17) is 4.74 Å². The van der Waals surface area contributed by atoms with Crippen molar-refractivity contribution in [3.8, 4) is 5.88 Å². The summed E-state index contributed by atoms with van der Waals surface area (Å²) in [6.07, 6.45) is 5.35. The second-order valence-electron chi connectivity index (χ2n) is 6.44. The van der Waals surface area contributed by atoms with Gasteiger partial charge in [-0.25, -0.2) is 4.98 Å². The van der Waals surface area contributed by atoms with Crippen LogP contribution in [-0.2, 0) is 6.54 Å². The van der Waals surface area contributed by atoms with E-state index in [0.29, 0.717) is 5.92 Å². The summed E-state index contributed by atoms with van der Waals surface area (Å²) in [5.41, 5.74) is 2.30. The highest BCUT2D eigenvalue weighted by molar-refractivity contribution is 5.24. The zero-order valence-corrected chi connectivity index (χ0v) is 13.1. The number of aromatic nitrogens is 1. The van der Waals surface area contributed by atoms with Gasteiger partial charge in [0.15, 0.2) is 0 Å². The Balaban J connectivity index is 1.86. The van der Waals surface area contributed by atoms with Crippen LogP contribution in [0.5, 0.6) is 5.88 Å². The van der Waals surface area contributed by atoms with Crippen LogP contribution in [0.1, 0.15) is 50.8 Å². The maximum Gasteiger partial charge on any atom is 0.213 e. The zero-order chi connectivity index (χ0) is 14.4. The van der Waals surface area contributed by atoms with Gasteiger partial charge in [-0.3, -0.25) is 0 Å². The minimum Gasteiger partial charge on any atom is -0.477 e. The predicted octanol–water partition coefficient (Wildman–Crippen LogP) is 3.70. The van der Waals surface area contributed by atoms with E-state index in [1.54, 1.807) is 0 Å². The Morgan fingerprint density at radius 3 is 2.75 bits per heavy atom. The standard InChI is InChI=1S/C17H28N2O/c1-13(2)10-18-11-16-8-14(3)19-17(9-16)20-12-15-6-4-5-7-15/h8-9,13,15,18H,4-7,10-12H2,1-3H3. The van der Waals surface area contributed by atoms with Crippen LogP contribution in [0.15, 0.2) is 12.1 Å². The van der Waals surface area contributed by atoms with E-state index in [1.165, 1.54) is 31.2 Å². The van der Waals surface area contributed by atoms with Gasteiger partial charge in [0.2, 0.25) is 5.88 Å². The molecule has 2 rings (SSSR count). The molecule has 3 heteroatoms. The first-order valence-corrected chi connectivity index (χ1v) is 7.94. The number of pyridine rings is 1. The Morgan fingerprint density at radius 2 is 2.05 bits per heavy atom. The molecule has 1 fully saturated rings. The molecule has 0 amide bonds. The van der Waals surface area contributed by atoms with Crippen molar-refractivity contribution in [2.24, 2.45) is 11.8 Å². The fourth-order valence-electron chi connectivity index (χ4n) is 2.77. The van der Waals surface area contributed by atoms with Crippen molar-refractivity contribution in [1.82, 2.24) is 10.3 Å². The number of nitrogens with zero attached hydrogens (tertiary/aromatic N) is 1. The highest BCUT2D eigenvalue weighted by atomic mass is 16.5. The van der Waals surface area contributed by atoms with Crippen molar-refractivity contribution >= 4 is 0 Å². The lowest BCUT2D eigenvalue weighted by molar-refractivity contribution is 0.243. The zero-order valence-electron chi connectivity index (χ0n) is 13.1. The predicted molar refractivity (Wildman–Crippen MR) is 83.0 cm³/mol. The van der Waals surface area contributed by atoms with Crippen molar-refractivity contribution in [2.75, 3.05) is 13.2 Å². The molecular weight excluding hydrogens is 248 g/mol. The van der Waals surface area contributed by atoms with Crippen LogP contribution in [0.2, 0.25) is 0 Å². The van der Waals surface area contributed by atoms with Gasteiger partial charge < -0.3 is 10.1 Å². The summed E-state index contributed by atoms with van der Waals surface area (Å²) in [5, 5.41) is 3.47. The fourth-order valence-corrected chi connectivity index (χ4v) is 2.77. The molecule has 0 aliphatic heterocycles. The molecule has 20 heavy (non-hydrogen) atoms. The molecule has 1 saturated carbocycles. The van der Waals surface area contributed by atoms with Crippen LogP contribution in [0, 0.1) is 18.8 Å². The van der Waals surface area contributed by atoms with Crippen molar-refractivity contribution < 1.29 is 4.74 Å². The van der Waals surface area contributed by atoms with Crippen LogP contribution in [0.4, 0.5) is 0 Å². The van der Waals surface area contributed by atoms with E-state index in [1.807, 2.05) is 6.92 Å². The third-order valence-corrected chi connectivity index (χ3v) is 3.81. The van der Waals surface area contributed by atoms with E-state index in [2.05, 4.69) is 36.3 Å². The molecule has 1 aliphatic carbocycles. The molecule has 0 unspecified atom stereocenters. The summed E-state index contributed by atoms with van der Waals surface area (Å²) in [7, 11) is 0. The molecule has 1 aromatic rings. The Bertz CT molecular complexity index is 411. The summed E-state index contributed by atoms with van der Waals surface area (Å²) < 4.78 is 5.90. The first-order chi connectivity index (χ1) is 9.63. The molecule has 0 spiro atoms. The quantitative estimate of drug-likeness (QED) is 0.824. The van der Waals surface area contributed by atoms with Crippen molar-refractivity contribution in [3.05, 3.63) is 23.4 Å². The fraction of sp³-hybridized carbons (Fsp3) is 0.706. The van der Waals surface area contributed by atoms with Crippen LogP contribution >= 0.6 is 0 Å². The first kappa shape index (κ1) is 15.3. The SMILES string of the molecule is Cc1cc(CNCC(C)C)cc(OCC2CCCC2)n1. The summed E-state index contributed by atoms with van der Waals surface area (Å²) in [6.45, 7) is 9.24. The van der Waals surface area contributed by atoms with Crippen LogP contribution in [0.3, 0.4) is 0 Å². The van der Waals surface area contributed by atoms with Gasteiger partial charge in [-0.05, 0) is 49.8 Å². The molecule has 0 radical (unpaired) electrons. The highest BCUT2D eigenvalue weighted by Crippen LogP contribution is 2.25. The van der Waals surface area contributed by atoms with E-state index in [-0.39, 0.29) is 0 Å². The normalized spacial score (nSPS) is 16.0. The number of aryl methyl sites for hydroxylation is 1. The lowest BCUT2D eigenvalue weighted by Crippen LogP contribution is -2.19. The Labute approximate surface area is 123 Å². The highest BCUT2D eigenvalue weighted by Gasteiger charge is 2.15. The Morgan fingerprint density at radius 1 is 1.30 bits per heavy atom. The Kier molecular flexibility index (Phi) is 5.84. The van der Waals surface area contributed by atoms with Crippen molar-refractivity contribution in [3.63, 3.8) is 0 Å². The number of hydrogen-bond donors (Lipinski definition) is 1. The minimum atomic E-state index is 0.677. The topological polar surface area (TPSA) is 34.1 Å². The molecule has 112 valence electrons. The summed E-state index contributed by atoms with van der Waals surface area (Å²) >= 11 is 0. The summed E-state index contributed by atoms with van der Waals surface area (Å²) in [6, 6.07) is 4.21. The molecule has 0 aromatic carbocycles. The molecular formula is C17H28N2O. The van der Waals surface area contributed by atoms with Gasteiger partial charge in [-0.15, -0.1) is 0 Å². The van der Waals surface area contributed by atoms with Crippen molar-refractivity contribution in [2.45, 2.75) is 53.0 Å². The summed E-state index contributed by atoms with van der Waals surface area (Å²) in [5.74, 6) is 2.20.